The van der Waals surface area contributed by atoms with Gasteiger partial charge in [0.2, 0.25) is 5.88 Å². The third-order valence-electron chi connectivity index (χ3n) is 5.38. The Morgan fingerprint density at radius 1 is 1.00 bits per heavy atom. The van der Waals surface area contributed by atoms with Crippen LogP contribution in [0.25, 0.3) is 0 Å². The number of benzene rings is 2. The number of halogens is 1. The van der Waals surface area contributed by atoms with Crippen molar-refractivity contribution in [2.75, 3.05) is 24.3 Å². The van der Waals surface area contributed by atoms with Gasteiger partial charge in [-0.2, -0.15) is 15.1 Å². The molecular weight excluding hydrogens is 548 g/mol. The van der Waals surface area contributed by atoms with Crippen molar-refractivity contribution in [1.29, 1.82) is 0 Å². The van der Waals surface area contributed by atoms with Gasteiger partial charge in [0.05, 0.1) is 19.1 Å². The number of carbonyl (C=O) groups is 1. The van der Waals surface area contributed by atoms with Gasteiger partial charge in [-0.05, 0) is 67.4 Å². The van der Waals surface area contributed by atoms with Crippen LogP contribution >= 0.6 is 11.6 Å². The van der Waals surface area contributed by atoms with E-state index in [0.717, 1.165) is 11.1 Å². The van der Waals surface area contributed by atoms with Crippen molar-refractivity contribution in [3.63, 3.8) is 0 Å². The van der Waals surface area contributed by atoms with E-state index in [9.17, 15) is 13.2 Å². The molecule has 4 aromatic rings. The van der Waals surface area contributed by atoms with Crippen LogP contribution in [0.1, 0.15) is 21.6 Å². The molecule has 0 radical (unpaired) electrons. The number of aromatic nitrogens is 4. The number of sulfonamides is 1. The summed E-state index contributed by atoms with van der Waals surface area (Å²) < 4.78 is 45.2. The van der Waals surface area contributed by atoms with Crippen LogP contribution in [0.2, 0.25) is 5.02 Å². The zero-order valence-electron chi connectivity index (χ0n) is 21.4. The molecule has 2 N–H and O–H groups in total. The molecule has 1 amide bonds. The van der Waals surface area contributed by atoms with Gasteiger partial charge < -0.3 is 19.5 Å². The van der Waals surface area contributed by atoms with Gasteiger partial charge in [0.15, 0.2) is 18.2 Å². The minimum absolute atomic E-state index is 0.0306. The number of carbonyl (C=O) groups excluding carboxylic acids is 1. The maximum absolute atomic E-state index is 12.8. The lowest BCUT2D eigenvalue weighted by Gasteiger charge is -2.10. The van der Waals surface area contributed by atoms with Crippen LogP contribution in [0.3, 0.4) is 0 Å². The van der Waals surface area contributed by atoms with Crippen LogP contribution in [0.5, 0.6) is 17.6 Å². The number of aryl methyl sites for hydroxylation is 2. The summed E-state index contributed by atoms with van der Waals surface area (Å²) in [7, 11) is -1.26. The van der Waals surface area contributed by atoms with Crippen LogP contribution in [-0.4, -0.2) is 48.3 Å². The largest absolute Gasteiger partial charge is 0.481 e. The van der Waals surface area contributed by atoms with Crippen molar-refractivity contribution in [3.8, 4) is 17.6 Å². The molecule has 12 nitrogen and oxygen atoms in total. The fraction of sp³-hybridized carbons (Fsp3) is 0.200. The summed E-state index contributed by atoms with van der Waals surface area (Å²) in [6.45, 7) is 3.88. The molecule has 0 fully saturated rings. The van der Waals surface area contributed by atoms with Gasteiger partial charge >= 0.3 is 6.01 Å². The van der Waals surface area contributed by atoms with E-state index >= 15 is 0 Å². The number of methoxy groups -OCH3 is 2. The molecule has 0 bridgehead atoms. The van der Waals surface area contributed by atoms with Gasteiger partial charge in [-0.1, -0.05) is 11.6 Å². The number of hydrogen-bond acceptors (Lipinski definition) is 9. The number of nitrogens with one attached hydrogen (secondary N) is 2. The Balaban J connectivity index is 1.38. The van der Waals surface area contributed by atoms with Crippen LogP contribution < -0.4 is 24.2 Å². The molecule has 0 aliphatic rings. The molecular formula is C25H25ClN6O6S. The minimum Gasteiger partial charge on any atom is -0.481 e. The highest BCUT2D eigenvalue weighted by atomic mass is 35.5. The zero-order chi connectivity index (χ0) is 28.2. The van der Waals surface area contributed by atoms with Crippen molar-refractivity contribution in [2.24, 2.45) is 0 Å². The second kappa shape index (κ2) is 11.6. The van der Waals surface area contributed by atoms with E-state index in [-0.39, 0.29) is 35.0 Å². The maximum atomic E-state index is 12.8. The van der Waals surface area contributed by atoms with E-state index < -0.39 is 15.9 Å². The first-order valence-corrected chi connectivity index (χ1v) is 13.3. The van der Waals surface area contributed by atoms with Crippen LogP contribution in [0, 0.1) is 13.8 Å². The molecule has 0 unspecified atom stereocenters. The highest BCUT2D eigenvalue weighted by molar-refractivity contribution is 7.92. The van der Waals surface area contributed by atoms with Gasteiger partial charge in [-0.3, -0.25) is 9.52 Å². The van der Waals surface area contributed by atoms with E-state index in [2.05, 4.69) is 25.1 Å². The Hall–Kier alpha value is -4.36. The summed E-state index contributed by atoms with van der Waals surface area (Å²) in [6, 6.07) is 12.1. The summed E-state index contributed by atoms with van der Waals surface area (Å²) in [6.07, 6.45) is 1.61. The molecule has 14 heteroatoms. The predicted molar refractivity (Wildman–Crippen MR) is 144 cm³/mol. The standard InChI is InChI=1S/C25H25ClN6O6S/c1-15-11-18(12-16(2)23(15)26)38-14-32-10-9-20(30-32)24(33)27-17-5-7-19(8-6-17)39(34,35)31-21-13-22(36-3)29-25(28-21)37-4/h5-13H,14H2,1-4H3,(H,27,33)(H,28,29,31). The highest BCUT2D eigenvalue weighted by Crippen LogP contribution is 2.26. The Labute approximate surface area is 230 Å². The lowest BCUT2D eigenvalue weighted by atomic mass is 10.1. The summed E-state index contributed by atoms with van der Waals surface area (Å²) in [4.78, 5) is 20.5. The fourth-order valence-corrected chi connectivity index (χ4v) is 4.55. The first-order valence-electron chi connectivity index (χ1n) is 11.4. The van der Waals surface area contributed by atoms with Crippen molar-refractivity contribution >= 4 is 39.0 Å². The Morgan fingerprint density at radius 2 is 1.69 bits per heavy atom. The molecule has 0 saturated carbocycles. The molecule has 4 rings (SSSR count). The van der Waals surface area contributed by atoms with Gasteiger partial charge in [-0.15, -0.1) is 0 Å². The second-order valence-corrected chi connectivity index (χ2v) is 10.3. The van der Waals surface area contributed by atoms with Crippen LogP contribution in [0.15, 0.2) is 59.6 Å². The van der Waals surface area contributed by atoms with E-state index in [4.69, 9.17) is 25.8 Å². The fourth-order valence-electron chi connectivity index (χ4n) is 3.45. The number of anilines is 2. The Kier molecular flexibility index (Phi) is 8.21. The topological polar surface area (TPSA) is 147 Å². The monoisotopic (exact) mass is 572 g/mol. The summed E-state index contributed by atoms with van der Waals surface area (Å²) >= 11 is 6.19. The number of hydrogen-bond donors (Lipinski definition) is 2. The van der Waals surface area contributed by atoms with Gasteiger partial charge in [0, 0.05) is 23.0 Å². The highest BCUT2D eigenvalue weighted by Gasteiger charge is 2.18. The van der Waals surface area contributed by atoms with Crippen molar-refractivity contribution < 1.29 is 27.4 Å². The number of nitrogens with zero attached hydrogens (tertiary/aromatic N) is 4. The van der Waals surface area contributed by atoms with Gasteiger partial charge in [0.1, 0.15) is 5.75 Å². The van der Waals surface area contributed by atoms with Crippen molar-refractivity contribution in [1.82, 2.24) is 19.7 Å². The van der Waals surface area contributed by atoms with Crippen LogP contribution in [-0.2, 0) is 16.8 Å². The lowest BCUT2D eigenvalue weighted by molar-refractivity contribution is 0.102. The second-order valence-electron chi connectivity index (χ2n) is 8.25. The molecule has 2 heterocycles. The quantitative estimate of drug-likeness (QED) is 0.287. The summed E-state index contributed by atoms with van der Waals surface area (Å²) in [5, 5.41) is 7.61. The van der Waals surface area contributed by atoms with Crippen molar-refractivity contribution in [3.05, 3.63) is 76.6 Å². The average molecular weight is 573 g/mol. The molecule has 2 aromatic carbocycles. The molecule has 0 spiro atoms. The van der Waals surface area contributed by atoms with E-state index in [1.165, 1.54) is 49.2 Å². The Morgan fingerprint density at radius 3 is 2.33 bits per heavy atom. The number of amides is 1. The number of rotatable bonds is 10. The molecule has 2 aromatic heterocycles. The SMILES string of the molecule is COc1cc(NS(=O)(=O)c2ccc(NC(=O)c3ccn(COc4cc(C)c(Cl)c(C)c4)n3)cc2)nc(OC)n1. The van der Waals surface area contributed by atoms with Gasteiger partial charge in [0.25, 0.3) is 15.9 Å². The molecule has 204 valence electrons. The average Bonchev–Trinajstić information content (AvgIpc) is 3.39. The predicted octanol–water partition coefficient (Wildman–Crippen LogP) is 4.05. The van der Waals surface area contributed by atoms with Crippen molar-refractivity contribution in [2.45, 2.75) is 25.5 Å². The number of ether oxygens (including phenoxy) is 3. The molecule has 0 atom stereocenters. The smallest absolute Gasteiger partial charge is 0.321 e. The molecule has 0 aliphatic carbocycles. The van der Waals surface area contributed by atoms with Crippen LogP contribution in [0.4, 0.5) is 11.5 Å². The maximum Gasteiger partial charge on any atom is 0.321 e. The first kappa shape index (κ1) is 27.7. The summed E-state index contributed by atoms with van der Waals surface area (Å²) in [5.74, 6) is 0.262. The van der Waals surface area contributed by atoms with E-state index in [0.29, 0.717) is 16.5 Å². The first-order chi connectivity index (χ1) is 18.6. The normalized spacial score (nSPS) is 11.1. The third-order valence-corrected chi connectivity index (χ3v) is 7.35. The lowest BCUT2D eigenvalue weighted by Crippen LogP contribution is -2.16. The molecule has 0 aliphatic heterocycles. The van der Waals surface area contributed by atoms with E-state index in [1.54, 1.807) is 12.3 Å². The Bertz CT molecular complexity index is 1560. The molecule has 0 saturated heterocycles. The third kappa shape index (κ3) is 6.75. The zero-order valence-corrected chi connectivity index (χ0v) is 23.0. The minimum atomic E-state index is -4.00. The summed E-state index contributed by atoms with van der Waals surface area (Å²) in [5.41, 5.74) is 2.34. The van der Waals surface area contributed by atoms with Gasteiger partial charge in [-0.25, -0.2) is 13.1 Å². The van der Waals surface area contributed by atoms with E-state index in [1.807, 2.05) is 26.0 Å². The molecule has 39 heavy (non-hydrogen) atoms.